The summed E-state index contributed by atoms with van der Waals surface area (Å²) in [6, 6.07) is 3.92. The number of hydrogen-bond acceptors (Lipinski definition) is 4. The van der Waals surface area contributed by atoms with Crippen molar-refractivity contribution in [3.63, 3.8) is 0 Å². The molecule has 0 aliphatic heterocycles. The predicted molar refractivity (Wildman–Crippen MR) is 67.7 cm³/mol. The van der Waals surface area contributed by atoms with Crippen LogP contribution in [0.2, 0.25) is 0 Å². The molecule has 4 heteroatoms. The Kier molecular flexibility index (Phi) is 2.88. The molecule has 0 fully saturated rings. The van der Waals surface area contributed by atoms with Gasteiger partial charge in [0.15, 0.2) is 0 Å². The summed E-state index contributed by atoms with van der Waals surface area (Å²) in [6.45, 7) is 8.04. The van der Waals surface area contributed by atoms with Crippen LogP contribution in [0, 0.1) is 13.8 Å². The summed E-state index contributed by atoms with van der Waals surface area (Å²) in [6.07, 6.45) is 0. The molecule has 1 heterocycles. The standard InChI is InChI=1S/C13H17N3O/c1-7(2)12-15-16-13(17-12)10-6-11(14)9(4)5-8(10)3/h5-7H,14H2,1-4H3. The van der Waals surface area contributed by atoms with Gasteiger partial charge in [-0.05, 0) is 31.0 Å². The van der Waals surface area contributed by atoms with Crippen molar-refractivity contribution in [3.8, 4) is 11.5 Å². The van der Waals surface area contributed by atoms with E-state index in [1.807, 2.05) is 39.8 Å². The van der Waals surface area contributed by atoms with Gasteiger partial charge < -0.3 is 10.2 Å². The summed E-state index contributed by atoms with van der Waals surface area (Å²) in [5, 5.41) is 8.09. The first-order valence-electron chi connectivity index (χ1n) is 5.69. The largest absolute Gasteiger partial charge is 0.420 e. The van der Waals surface area contributed by atoms with Crippen LogP contribution in [0.1, 0.15) is 36.8 Å². The van der Waals surface area contributed by atoms with Gasteiger partial charge in [-0.1, -0.05) is 19.9 Å². The van der Waals surface area contributed by atoms with Crippen LogP contribution >= 0.6 is 0 Å². The summed E-state index contributed by atoms with van der Waals surface area (Å²) in [7, 11) is 0. The third-order valence-electron chi connectivity index (χ3n) is 2.78. The summed E-state index contributed by atoms with van der Waals surface area (Å²) in [4.78, 5) is 0. The molecule has 0 radical (unpaired) electrons. The number of aryl methyl sites for hydroxylation is 2. The lowest BCUT2D eigenvalue weighted by atomic mass is 10.0. The molecule has 0 saturated heterocycles. The Hall–Kier alpha value is -1.84. The van der Waals surface area contributed by atoms with Gasteiger partial charge in [-0.2, -0.15) is 0 Å². The van der Waals surface area contributed by atoms with Gasteiger partial charge in [0.1, 0.15) is 0 Å². The first-order valence-corrected chi connectivity index (χ1v) is 5.69. The van der Waals surface area contributed by atoms with Gasteiger partial charge in [0, 0.05) is 17.2 Å². The molecular formula is C13H17N3O. The summed E-state index contributed by atoms with van der Waals surface area (Å²) in [5.41, 5.74) is 9.72. The number of nitrogens with zero attached hydrogens (tertiary/aromatic N) is 2. The zero-order valence-corrected chi connectivity index (χ0v) is 10.6. The predicted octanol–water partition coefficient (Wildman–Crippen LogP) is 3.06. The van der Waals surface area contributed by atoms with Crippen molar-refractivity contribution in [3.05, 3.63) is 29.2 Å². The molecular weight excluding hydrogens is 214 g/mol. The van der Waals surface area contributed by atoms with Crippen LogP contribution in [-0.4, -0.2) is 10.2 Å². The molecule has 2 aromatic rings. The highest BCUT2D eigenvalue weighted by molar-refractivity contribution is 5.66. The summed E-state index contributed by atoms with van der Waals surface area (Å²) in [5.74, 6) is 1.43. The van der Waals surface area contributed by atoms with Crippen molar-refractivity contribution >= 4 is 5.69 Å². The number of nitrogen functional groups attached to an aromatic ring is 1. The van der Waals surface area contributed by atoms with Gasteiger partial charge in [0.2, 0.25) is 11.8 Å². The molecule has 4 nitrogen and oxygen atoms in total. The SMILES string of the molecule is Cc1cc(C)c(-c2nnc(C(C)C)o2)cc1N. The Labute approximate surface area is 101 Å². The van der Waals surface area contributed by atoms with Crippen LogP contribution in [0.25, 0.3) is 11.5 Å². The average molecular weight is 231 g/mol. The monoisotopic (exact) mass is 231 g/mol. The Bertz CT molecular complexity index is 544. The van der Waals surface area contributed by atoms with Crippen LogP contribution in [0.4, 0.5) is 5.69 Å². The summed E-state index contributed by atoms with van der Waals surface area (Å²) < 4.78 is 5.63. The Morgan fingerprint density at radius 2 is 1.82 bits per heavy atom. The van der Waals surface area contributed by atoms with Gasteiger partial charge >= 0.3 is 0 Å². The molecule has 0 amide bonds. The topological polar surface area (TPSA) is 64.9 Å². The lowest BCUT2D eigenvalue weighted by molar-refractivity contribution is 0.481. The molecule has 0 saturated carbocycles. The summed E-state index contributed by atoms with van der Waals surface area (Å²) >= 11 is 0. The molecule has 1 aromatic heterocycles. The normalized spacial score (nSPS) is 11.1. The highest BCUT2D eigenvalue weighted by atomic mass is 16.4. The van der Waals surface area contributed by atoms with E-state index >= 15 is 0 Å². The number of benzene rings is 1. The van der Waals surface area contributed by atoms with Gasteiger partial charge in [-0.25, -0.2) is 0 Å². The second kappa shape index (κ2) is 4.20. The Morgan fingerprint density at radius 1 is 1.12 bits per heavy atom. The van der Waals surface area contributed by atoms with Crippen LogP contribution in [0.15, 0.2) is 16.5 Å². The molecule has 0 bridgehead atoms. The molecule has 0 aliphatic rings. The molecule has 90 valence electrons. The molecule has 0 atom stereocenters. The van der Waals surface area contributed by atoms with Crippen molar-refractivity contribution in [1.82, 2.24) is 10.2 Å². The minimum absolute atomic E-state index is 0.236. The van der Waals surface area contributed by atoms with E-state index in [0.29, 0.717) is 11.8 Å². The minimum atomic E-state index is 0.236. The second-order valence-electron chi connectivity index (χ2n) is 4.62. The Balaban J connectivity index is 2.49. The van der Waals surface area contributed by atoms with Crippen molar-refractivity contribution < 1.29 is 4.42 Å². The van der Waals surface area contributed by atoms with Gasteiger partial charge in [0.25, 0.3) is 0 Å². The first kappa shape index (κ1) is 11.6. The maximum absolute atomic E-state index is 5.90. The lowest BCUT2D eigenvalue weighted by Gasteiger charge is -2.06. The van der Waals surface area contributed by atoms with Gasteiger partial charge in [-0.15, -0.1) is 10.2 Å². The third kappa shape index (κ3) is 2.16. The van der Waals surface area contributed by atoms with Gasteiger partial charge in [0.05, 0.1) is 0 Å². The van der Waals surface area contributed by atoms with E-state index in [-0.39, 0.29) is 5.92 Å². The van der Waals surface area contributed by atoms with Crippen molar-refractivity contribution in [2.24, 2.45) is 0 Å². The van der Waals surface area contributed by atoms with E-state index in [4.69, 9.17) is 10.2 Å². The lowest BCUT2D eigenvalue weighted by Crippen LogP contribution is -1.93. The van der Waals surface area contributed by atoms with Crippen LogP contribution < -0.4 is 5.73 Å². The fourth-order valence-corrected chi connectivity index (χ4v) is 1.68. The Morgan fingerprint density at radius 3 is 2.41 bits per heavy atom. The number of anilines is 1. The average Bonchev–Trinajstić information content (AvgIpc) is 2.72. The zero-order chi connectivity index (χ0) is 12.6. The van der Waals surface area contributed by atoms with E-state index in [0.717, 1.165) is 22.4 Å². The maximum Gasteiger partial charge on any atom is 0.248 e. The van der Waals surface area contributed by atoms with E-state index in [2.05, 4.69) is 10.2 Å². The quantitative estimate of drug-likeness (QED) is 0.807. The number of aromatic nitrogens is 2. The van der Waals surface area contributed by atoms with Crippen molar-refractivity contribution in [1.29, 1.82) is 0 Å². The highest BCUT2D eigenvalue weighted by Crippen LogP contribution is 2.28. The first-order chi connectivity index (χ1) is 7.99. The molecule has 2 rings (SSSR count). The third-order valence-corrected chi connectivity index (χ3v) is 2.78. The fraction of sp³-hybridized carbons (Fsp3) is 0.385. The highest BCUT2D eigenvalue weighted by Gasteiger charge is 2.14. The van der Waals surface area contributed by atoms with Crippen molar-refractivity contribution in [2.45, 2.75) is 33.6 Å². The van der Waals surface area contributed by atoms with E-state index < -0.39 is 0 Å². The van der Waals surface area contributed by atoms with E-state index in [1.54, 1.807) is 0 Å². The number of hydrogen-bond donors (Lipinski definition) is 1. The van der Waals surface area contributed by atoms with E-state index in [9.17, 15) is 0 Å². The molecule has 0 aliphatic carbocycles. The molecule has 2 N–H and O–H groups in total. The number of rotatable bonds is 2. The minimum Gasteiger partial charge on any atom is -0.420 e. The number of nitrogens with two attached hydrogens (primary N) is 1. The smallest absolute Gasteiger partial charge is 0.248 e. The molecule has 0 spiro atoms. The van der Waals surface area contributed by atoms with Crippen LogP contribution in [0.3, 0.4) is 0 Å². The molecule has 17 heavy (non-hydrogen) atoms. The molecule has 1 aromatic carbocycles. The van der Waals surface area contributed by atoms with Gasteiger partial charge in [-0.3, -0.25) is 0 Å². The fourth-order valence-electron chi connectivity index (χ4n) is 1.68. The maximum atomic E-state index is 5.90. The van der Waals surface area contributed by atoms with E-state index in [1.165, 1.54) is 0 Å². The zero-order valence-electron chi connectivity index (χ0n) is 10.6. The van der Waals surface area contributed by atoms with Crippen LogP contribution in [0.5, 0.6) is 0 Å². The molecule has 0 unspecified atom stereocenters. The van der Waals surface area contributed by atoms with Crippen LogP contribution in [-0.2, 0) is 0 Å². The second-order valence-corrected chi connectivity index (χ2v) is 4.62. The van der Waals surface area contributed by atoms with Crippen molar-refractivity contribution in [2.75, 3.05) is 5.73 Å².